The second-order valence-corrected chi connectivity index (χ2v) is 7.63. The van der Waals surface area contributed by atoms with Gasteiger partial charge >= 0.3 is 0 Å². The van der Waals surface area contributed by atoms with Gasteiger partial charge in [0.25, 0.3) is 0 Å². The highest BCUT2D eigenvalue weighted by atomic mass is 35.5. The molecule has 1 aromatic rings. The molecule has 1 fully saturated rings. The first-order chi connectivity index (χ1) is 9.25. The van der Waals surface area contributed by atoms with Gasteiger partial charge in [0.15, 0.2) is 5.82 Å². The minimum atomic E-state index is -3.80. The molecule has 0 aliphatic carbocycles. The van der Waals surface area contributed by atoms with Crippen molar-refractivity contribution in [2.75, 3.05) is 27.2 Å². The van der Waals surface area contributed by atoms with E-state index in [4.69, 9.17) is 23.2 Å². The summed E-state index contributed by atoms with van der Waals surface area (Å²) in [6.45, 7) is 0.766. The summed E-state index contributed by atoms with van der Waals surface area (Å²) in [5.74, 6) is -0.905. The second-order valence-electron chi connectivity index (χ2n) is 4.94. The number of nitrogens with zero attached hydrogens (tertiary/aromatic N) is 2. The molecule has 20 heavy (non-hydrogen) atoms. The fraction of sp³-hybridized carbons (Fsp3) is 0.500. The van der Waals surface area contributed by atoms with Crippen molar-refractivity contribution in [1.82, 2.24) is 9.21 Å². The highest BCUT2D eigenvalue weighted by molar-refractivity contribution is 7.89. The maximum absolute atomic E-state index is 13.7. The average Bonchev–Trinajstić information content (AvgIpc) is 2.86. The molecule has 0 spiro atoms. The molecule has 0 saturated carbocycles. The van der Waals surface area contributed by atoms with E-state index >= 15 is 0 Å². The van der Waals surface area contributed by atoms with E-state index in [2.05, 4.69) is 0 Å². The number of benzene rings is 1. The van der Waals surface area contributed by atoms with Gasteiger partial charge in [0.2, 0.25) is 10.0 Å². The zero-order valence-corrected chi connectivity index (χ0v) is 13.4. The quantitative estimate of drug-likeness (QED) is 0.793. The van der Waals surface area contributed by atoms with Crippen molar-refractivity contribution in [2.24, 2.45) is 0 Å². The molecule has 1 aliphatic rings. The van der Waals surface area contributed by atoms with Gasteiger partial charge in [-0.05, 0) is 32.6 Å². The van der Waals surface area contributed by atoms with Crippen LogP contribution < -0.4 is 0 Å². The fourth-order valence-corrected chi connectivity index (χ4v) is 4.41. The van der Waals surface area contributed by atoms with Crippen LogP contribution in [0.5, 0.6) is 0 Å². The molecule has 0 N–H and O–H groups in total. The monoisotopic (exact) mass is 340 g/mol. The third-order valence-electron chi connectivity index (χ3n) is 3.47. The fourth-order valence-electron chi connectivity index (χ4n) is 2.20. The molecular formula is C12H15Cl2FN2O2S. The highest BCUT2D eigenvalue weighted by Crippen LogP contribution is 2.32. The molecule has 1 aromatic carbocycles. The third kappa shape index (κ3) is 2.80. The van der Waals surface area contributed by atoms with E-state index < -0.39 is 20.9 Å². The highest BCUT2D eigenvalue weighted by Gasteiger charge is 2.35. The normalized spacial score (nSPS) is 20.8. The smallest absolute Gasteiger partial charge is 0.244 e. The Morgan fingerprint density at radius 2 is 2.00 bits per heavy atom. The summed E-state index contributed by atoms with van der Waals surface area (Å²) < 4.78 is 40.0. The first-order valence-electron chi connectivity index (χ1n) is 6.05. The van der Waals surface area contributed by atoms with Crippen molar-refractivity contribution in [1.29, 1.82) is 0 Å². The summed E-state index contributed by atoms with van der Waals surface area (Å²) in [5, 5.41) is -0.646. The van der Waals surface area contributed by atoms with E-state index in [-0.39, 0.29) is 16.0 Å². The number of likely N-dealkylation sites (N-methyl/N-ethyl adjacent to an activating group) is 1. The predicted octanol–water partition coefficient (Wildman–Crippen LogP) is 2.46. The molecule has 0 amide bonds. The van der Waals surface area contributed by atoms with Gasteiger partial charge in [-0.15, -0.1) is 0 Å². The SMILES string of the molecule is CN(C)C1CCN(S(=O)(=O)c2ccc(Cl)c(F)c2Cl)C1. The number of halogens is 3. The van der Waals surface area contributed by atoms with Gasteiger partial charge in [-0.1, -0.05) is 23.2 Å². The molecule has 1 atom stereocenters. The molecule has 1 heterocycles. The predicted molar refractivity (Wildman–Crippen MR) is 77.3 cm³/mol. The van der Waals surface area contributed by atoms with Crippen LogP contribution in [0, 0.1) is 5.82 Å². The van der Waals surface area contributed by atoms with Crippen LogP contribution in [0.15, 0.2) is 17.0 Å². The van der Waals surface area contributed by atoms with Gasteiger partial charge in [-0.3, -0.25) is 0 Å². The largest absolute Gasteiger partial charge is 0.305 e. The van der Waals surface area contributed by atoms with Crippen molar-refractivity contribution in [3.63, 3.8) is 0 Å². The summed E-state index contributed by atoms with van der Waals surface area (Å²) in [7, 11) is -0.00192. The minimum absolute atomic E-state index is 0.153. The first-order valence-corrected chi connectivity index (χ1v) is 8.25. The summed E-state index contributed by atoms with van der Waals surface area (Å²) in [6, 6.07) is 2.60. The molecule has 0 radical (unpaired) electrons. The van der Waals surface area contributed by atoms with Crippen LogP contribution in [0.3, 0.4) is 0 Å². The van der Waals surface area contributed by atoms with Crippen molar-refractivity contribution >= 4 is 33.2 Å². The standard InChI is InChI=1S/C12H15Cl2FN2O2S/c1-16(2)8-5-6-17(7-8)20(18,19)10-4-3-9(13)12(15)11(10)14/h3-4,8H,5-7H2,1-2H3. The van der Waals surface area contributed by atoms with E-state index in [1.807, 2.05) is 19.0 Å². The molecule has 0 bridgehead atoms. The molecule has 4 nitrogen and oxygen atoms in total. The minimum Gasteiger partial charge on any atom is -0.305 e. The van der Waals surface area contributed by atoms with Crippen LogP contribution in [0.1, 0.15) is 6.42 Å². The van der Waals surface area contributed by atoms with E-state index in [1.165, 1.54) is 16.4 Å². The van der Waals surface area contributed by atoms with E-state index in [9.17, 15) is 12.8 Å². The van der Waals surface area contributed by atoms with Crippen LogP contribution in [-0.2, 0) is 10.0 Å². The maximum Gasteiger partial charge on any atom is 0.244 e. The lowest BCUT2D eigenvalue weighted by Crippen LogP contribution is -2.34. The van der Waals surface area contributed by atoms with Crippen molar-refractivity contribution in [3.8, 4) is 0 Å². The van der Waals surface area contributed by atoms with E-state index in [0.29, 0.717) is 13.1 Å². The van der Waals surface area contributed by atoms with Crippen molar-refractivity contribution in [2.45, 2.75) is 17.4 Å². The Hall–Kier alpha value is -0.400. The Balaban J connectivity index is 2.35. The molecule has 8 heteroatoms. The Morgan fingerprint density at radius 1 is 1.35 bits per heavy atom. The van der Waals surface area contributed by atoms with Crippen LogP contribution >= 0.6 is 23.2 Å². The van der Waals surface area contributed by atoms with Crippen LogP contribution in [0.2, 0.25) is 10.0 Å². The number of hydrogen-bond acceptors (Lipinski definition) is 3. The molecular weight excluding hydrogens is 326 g/mol. The Morgan fingerprint density at radius 3 is 2.55 bits per heavy atom. The van der Waals surface area contributed by atoms with Gasteiger partial charge in [0.1, 0.15) is 4.90 Å². The lowest BCUT2D eigenvalue weighted by molar-refractivity contribution is 0.302. The number of rotatable bonds is 3. The van der Waals surface area contributed by atoms with Crippen LogP contribution in [0.4, 0.5) is 4.39 Å². The average molecular weight is 341 g/mol. The molecule has 1 aliphatic heterocycles. The van der Waals surface area contributed by atoms with Gasteiger partial charge < -0.3 is 4.90 Å². The van der Waals surface area contributed by atoms with E-state index in [0.717, 1.165) is 6.42 Å². The van der Waals surface area contributed by atoms with Gasteiger partial charge in [0.05, 0.1) is 10.0 Å². The van der Waals surface area contributed by atoms with Gasteiger partial charge in [-0.2, -0.15) is 4.31 Å². The Bertz CT molecular complexity index is 622. The molecule has 1 unspecified atom stereocenters. The zero-order valence-electron chi connectivity index (χ0n) is 11.1. The second kappa shape index (κ2) is 5.77. The van der Waals surface area contributed by atoms with Gasteiger partial charge in [0, 0.05) is 19.1 Å². The first kappa shape index (κ1) is 16.0. The lowest BCUT2D eigenvalue weighted by Gasteiger charge is -2.20. The number of sulfonamides is 1. The molecule has 112 valence electrons. The third-order valence-corrected chi connectivity index (χ3v) is 6.15. The topological polar surface area (TPSA) is 40.6 Å². The summed E-state index contributed by atoms with van der Waals surface area (Å²) >= 11 is 11.4. The lowest BCUT2D eigenvalue weighted by atomic mass is 10.2. The van der Waals surface area contributed by atoms with Gasteiger partial charge in [-0.25, -0.2) is 12.8 Å². The Labute approximate surface area is 128 Å². The molecule has 2 rings (SSSR count). The van der Waals surface area contributed by atoms with E-state index in [1.54, 1.807) is 0 Å². The Kier molecular flexibility index (Phi) is 4.61. The summed E-state index contributed by atoms with van der Waals surface area (Å²) in [4.78, 5) is 1.74. The van der Waals surface area contributed by atoms with Crippen LogP contribution in [-0.4, -0.2) is 50.8 Å². The zero-order chi connectivity index (χ0) is 15.1. The van der Waals surface area contributed by atoms with Crippen molar-refractivity contribution < 1.29 is 12.8 Å². The summed E-state index contributed by atoms with van der Waals surface area (Å²) in [5.41, 5.74) is 0. The molecule has 1 saturated heterocycles. The number of hydrogen-bond donors (Lipinski definition) is 0. The molecule has 0 aromatic heterocycles. The van der Waals surface area contributed by atoms with Crippen LogP contribution in [0.25, 0.3) is 0 Å². The maximum atomic E-state index is 13.7. The summed E-state index contributed by atoms with van der Waals surface area (Å²) in [6.07, 6.45) is 0.736. The van der Waals surface area contributed by atoms with Crippen molar-refractivity contribution in [3.05, 3.63) is 28.0 Å².